The zero-order valence-corrected chi connectivity index (χ0v) is 14.4. The van der Waals surface area contributed by atoms with Gasteiger partial charge in [-0.3, -0.25) is 25.0 Å². The molecule has 11 heteroatoms. The SMILES string of the molecule is COCCn1nc(C(=O)Nc2nc3ccc([N+](=O)[O-])cc3s2)ccc1=O. The Labute approximate surface area is 150 Å². The number of ether oxygens (including phenoxy) is 1. The van der Waals surface area contributed by atoms with E-state index in [0.29, 0.717) is 10.2 Å². The molecule has 134 valence electrons. The third-order valence-corrected chi connectivity index (χ3v) is 4.34. The summed E-state index contributed by atoms with van der Waals surface area (Å²) >= 11 is 1.11. The summed E-state index contributed by atoms with van der Waals surface area (Å²) in [6, 6.07) is 6.83. The van der Waals surface area contributed by atoms with E-state index in [0.717, 1.165) is 16.0 Å². The lowest BCUT2D eigenvalue weighted by Crippen LogP contribution is -2.27. The fourth-order valence-electron chi connectivity index (χ4n) is 2.15. The Kier molecular flexibility index (Phi) is 5.00. The number of nitro groups is 1. The number of rotatable bonds is 6. The lowest BCUT2D eigenvalue weighted by molar-refractivity contribution is -0.384. The van der Waals surface area contributed by atoms with Crippen molar-refractivity contribution in [2.24, 2.45) is 0 Å². The van der Waals surface area contributed by atoms with Gasteiger partial charge in [-0.15, -0.1) is 0 Å². The average molecular weight is 375 g/mol. The van der Waals surface area contributed by atoms with Gasteiger partial charge in [0.1, 0.15) is 5.69 Å². The number of nitrogens with zero attached hydrogens (tertiary/aromatic N) is 4. The molecule has 0 aliphatic rings. The molecule has 2 aromatic heterocycles. The molecule has 1 aromatic carbocycles. The van der Waals surface area contributed by atoms with Crippen molar-refractivity contribution < 1.29 is 14.5 Å². The van der Waals surface area contributed by atoms with Crippen molar-refractivity contribution in [3.05, 3.63) is 56.5 Å². The van der Waals surface area contributed by atoms with E-state index in [4.69, 9.17) is 4.74 Å². The Bertz CT molecular complexity index is 1040. The van der Waals surface area contributed by atoms with Crippen LogP contribution in [0, 0.1) is 10.1 Å². The summed E-state index contributed by atoms with van der Waals surface area (Å²) in [7, 11) is 1.50. The summed E-state index contributed by atoms with van der Waals surface area (Å²) in [6.45, 7) is 0.510. The quantitative estimate of drug-likeness (QED) is 0.512. The second-order valence-corrected chi connectivity index (χ2v) is 6.19. The molecular formula is C15H13N5O5S. The van der Waals surface area contributed by atoms with Gasteiger partial charge in [0.05, 0.1) is 28.3 Å². The van der Waals surface area contributed by atoms with Gasteiger partial charge in [-0.05, 0) is 12.1 Å². The second kappa shape index (κ2) is 7.37. The molecule has 0 fully saturated rings. The average Bonchev–Trinajstić information content (AvgIpc) is 3.02. The second-order valence-electron chi connectivity index (χ2n) is 5.16. The number of hydrogen-bond acceptors (Lipinski definition) is 8. The zero-order valence-electron chi connectivity index (χ0n) is 13.5. The predicted octanol–water partition coefficient (Wildman–Crippen LogP) is 1.66. The van der Waals surface area contributed by atoms with E-state index in [1.807, 2.05) is 0 Å². The Morgan fingerprint density at radius 2 is 2.19 bits per heavy atom. The van der Waals surface area contributed by atoms with E-state index < -0.39 is 10.8 Å². The van der Waals surface area contributed by atoms with Crippen LogP contribution in [0.25, 0.3) is 10.2 Å². The van der Waals surface area contributed by atoms with Crippen LogP contribution in [0.3, 0.4) is 0 Å². The van der Waals surface area contributed by atoms with Crippen molar-refractivity contribution in [1.82, 2.24) is 14.8 Å². The fraction of sp³-hybridized carbons (Fsp3) is 0.200. The first-order valence-corrected chi connectivity index (χ1v) is 8.23. The summed E-state index contributed by atoms with van der Waals surface area (Å²) in [5.41, 5.74) is 0.191. The van der Waals surface area contributed by atoms with Gasteiger partial charge in [0.15, 0.2) is 5.13 Å². The van der Waals surface area contributed by atoms with Crippen molar-refractivity contribution in [3.63, 3.8) is 0 Å². The van der Waals surface area contributed by atoms with E-state index in [2.05, 4.69) is 15.4 Å². The maximum absolute atomic E-state index is 12.3. The monoisotopic (exact) mass is 375 g/mol. The molecular weight excluding hydrogens is 362 g/mol. The number of thiazole rings is 1. The predicted molar refractivity (Wildman–Crippen MR) is 94.6 cm³/mol. The van der Waals surface area contributed by atoms with Crippen LogP contribution in [-0.4, -0.2) is 39.3 Å². The number of aromatic nitrogens is 3. The third-order valence-electron chi connectivity index (χ3n) is 3.41. The van der Waals surface area contributed by atoms with E-state index in [1.165, 1.54) is 37.4 Å². The number of non-ortho nitro benzene ring substituents is 1. The van der Waals surface area contributed by atoms with Crippen LogP contribution in [0.15, 0.2) is 35.1 Å². The number of nitro benzene ring substituents is 1. The van der Waals surface area contributed by atoms with Gasteiger partial charge in [-0.2, -0.15) is 5.10 Å². The van der Waals surface area contributed by atoms with Crippen LogP contribution < -0.4 is 10.9 Å². The van der Waals surface area contributed by atoms with Gasteiger partial charge >= 0.3 is 0 Å². The summed E-state index contributed by atoms with van der Waals surface area (Å²) < 4.78 is 6.62. The molecule has 3 rings (SSSR count). The molecule has 0 radical (unpaired) electrons. The van der Waals surface area contributed by atoms with E-state index >= 15 is 0 Å². The number of amides is 1. The molecule has 0 spiro atoms. The number of carbonyl (C=O) groups is 1. The first kappa shape index (κ1) is 17.6. The molecule has 0 bridgehead atoms. The smallest absolute Gasteiger partial charge is 0.277 e. The summed E-state index contributed by atoms with van der Waals surface area (Å²) in [5.74, 6) is -0.537. The molecule has 0 saturated carbocycles. The molecule has 0 saturated heterocycles. The van der Waals surface area contributed by atoms with Gasteiger partial charge in [0.2, 0.25) is 0 Å². The van der Waals surface area contributed by atoms with Gasteiger partial charge in [-0.25, -0.2) is 9.67 Å². The van der Waals surface area contributed by atoms with E-state index in [1.54, 1.807) is 0 Å². The summed E-state index contributed by atoms with van der Waals surface area (Å²) in [4.78, 5) is 38.6. The largest absolute Gasteiger partial charge is 0.383 e. The van der Waals surface area contributed by atoms with E-state index in [-0.39, 0.29) is 35.2 Å². The van der Waals surface area contributed by atoms with Crippen LogP contribution >= 0.6 is 11.3 Å². The number of nitrogens with one attached hydrogen (secondary N) is 1. The highest BCUT2D eigenvalue weighted by Gasteiger charge is 2.14. The normalized spacial score (nSPS) is 10.8. The van der Waals surface area contributed by atoms with Crippen molar-refractivity contribution >= 4 is 38.3 Å². The molecule has 0 aliphatic heterocycles. The molecule has 3 aromatic rings. The first-order chi connectivity index (χ1) is 12.5. The minimum atomic E-state index is -0.537. The Morgan fingerprint density at radius 3 is 2.92 bits per heavy atom. The van der Waals surface area contributed by atoms with Gasteiger partial charge in [-0.1, -0.05) is 11.3 Å². The van der Waals surface area contributed by atoms with Crippen LogP contribution in [0.5, 0.6) is 0 Å². The van der Waals surface area contributed by atoms with Gasteiger partial charge < -0.3 is 4.74 Å². The highest BCUT2D eigenvalue weighted by molar-refractivity contribution is 7.22. The third kappa shape index (κ3) is 3.73. The number of carbonyl (C=O) groups excluding carboxylic acids is 1. The molecule has 10 nitrogen and oxygen atoms in total. The first-order valence-electron chi connectivity index (χ1n) is 7.41. The Morgan fingerprint density at radius 1 is 1.38 bits per heavy atom. The molecule has 0 unspecified atom stereocenters. The highest BCUT2D eigenvalue weighted by atomic mass is 32.1. The number of hydrogen-bond donors (Lipinski definition) is 1. The van der Waals surface area contributed by atoms with Gasteiger partial charge in [0, 0.05) is 25.3 Å². The number of fused-ring (bicyclic) bond motifs is 1. The number of benzene rings is 1. The number of methoxy groups -OCH3 is 1. The van der Waals surface area contributed by atoms with Crippen LogP contribution in [0.4, 0.5) is 10.8 Å². The maximum atomic E-state index is 12.3. The Balaban J connectivity index is 1.82. The minimum absolute atomic E-state index is 0.0472. The van der Waals surface area contributed by atoms with Crippen molar-refractivity contribution in [3.8, 4) is 0 Å². The Hall–Kier alpha value is -3.18. The molecule has 26 heavy (non-hydrogen) atoms. The van der Waals surface area contributed by atoms with Crippen LogP contribution in [0.2, 0.25) is 0 Å². The van der Waals surface area contributed by atoms with E-state index in [9.17, 15) is 19.7 Å². The standard InChI is InChI=1S/C15H13N5O5S/c1-25-7-6-19-13(21)5-4-11(18-19)14(22)17-15-16-10-3-2-9(20(23)24)8-12(10)26-15/h2-5,8H,6-7H2,1H3,(H,16,17,22). The van der Waals surface area contributed by atoms with Crippen molar-refractivity contribution in [1.29, 1.82) is 0 Å². The van der Waals surface area contributed by atoms with Crippen LogP contribution in [0.1, 0.15) is 10.5 Å². The van der Waals surface area contributed by atoms with Gasteiger partial charge in [0.25, 0.3) is 17.2 Å². The summed E-state index contributed by atoms with van der Waals surface area (Å²) in [5, 5.41) is 17.7. The highest BCUT2D eigenvalue weighted by Crippen LogP contribution is 2.29. The number of anilines is 1. The molecule has 0 atom stereocenters. The fourth-order valence-corrected chi connectivity index (χ4v) is 3.04. The van der Waals surface area contributed by atoms with Crippen molar-refractivity contribution in [2.45, 2.75) is 6.54 Å². The minimum Gasteiger partial charge on any atom is -0.383 e. The molecule has 2 heterocycles. The lowest BCUT2D eigenvalue weighted by atomic mass is 10.3. The lowest BCUT2D eigenvalue weighted by Gasteiger charge is -2.06. The van der Waals surface area contributed by atoms with Crippen LogP contribution in [-0.2, 0) is 11.3 Å². The zero-order chi connectivity index (χ0) is 18.7. The molecule has 0 aliphatic carbocycles. The molecule has 1 N–H and O–H groups in total. The maximum Gasteiger partial charge on any atom is 0.277 e. The topological polar surface area (TPSA) is 129 Å². The molecule has 1 amide bonds. The summed E-state index contributed by atoms with van der Waals surface area (Å²) in [6.07, 6.45) is 0. The van der Waals surface area contributed by atoms with Crippen molar-refractivity contribution in [2.75, 3.05) is 19.0 Å².